The van der Waals surface area contributed by atoms with Crippen molar-refractivity contribution in [3.05, 3.63) is 0 Å². The van der Waals surface area contributed by atoms with E-state index in [9.17, 15) is 14.0 Å². The molecule has 0 aromatic rings. The molecule has 3 fully saturated rings. The second kappa shape index (κ2) is 6.04. The summed E-state index contributed by atoms with van der Waals surface area (Å²) in [5.41, 5.74) is -1.92. The molecule has 2 heterocycles. The van der Waals surface area contributed by atoms with Gasteiger partial charge in [-0.2, -0.15) is 0 Å². The first-order chi connectivity index (χ1) is 10.8. The number of halogens is 1. The molecule has 1 N–H and O–H groups in total. The van der Waals surface area contributed by atoms with E-state index in [2.05, 4.69) is 5.32 Å². The SMILES string of the molecule is CC(C)NC(=O)[C@@H]1CCC2(CCN(C(=O)C3(F)CCC3)CC2)O1. The zero-order chi connectivity index (χ0) is 16.7. The van der Waals surface area contributed by atoms with Crippen LogP contribution >= 0.6 is 0 Å². The number of likely N-dealkylation sites (tertiary alicyclic amines) is 1. The Morgan fingerprint density at radius 3 is 2.35 bits per heavy atom. The van der Waals surface area contributed by atoms with Crippen molar-refractivity contribution in [2.45, 2.75) is 82.2 Å². The smallest absolute Gasteiger partial charge is 0.260 e. The van der Waals surface area contributed by atoms with E-state index >= 15 is 0 Å². The average Bonchev–Trinajstić information content (AvgIpc) is 2.88. The molecule has 130 valence electrons. The van der Waals surface area contributed by atoms with Crippen molar-refractivity contribution in [2.24, 2.45) is 0 Å². The van der Waals surface area contributed by atoms with Crippen LogP contribution in [0.5, 0.6) is 0 Å². The highest BCUT2D eigenvalue weighted by Gasteiger charge is 2.50. The lowest BCUT2D eigenvalue weighted by atomic mass is 9.80. The highest BCUT2D eigenvalue weighted by atomic mass is 19.1. The van der Waals surface area contributed by atoms with Crippen LogP contribution in [0.3, 0.4) is 0 Å². The number of carbonyl (C=O) groups excluding carboxylic acids is 2. The molecule has 3 rings (SSSR count). The molecular weight excluding hydrogens is 299 g/mol. The van der Waals surface area contributed by atoms with Crippen molar-refractivity contribution < 1.29 is 18.7 Å². The summed E-state index contributed by atoms with van der Waals surface area (Å²) in [6.45, 7) is 4.92. The Hall–Kier alpha value is -1.17. The number of rotatable bonds is 3. The molecule has 1 spiro atoms. The molecular formula is C17H27FN2O3. The van der Waals surface area contributed by atoms with E-state index in [1.54, 1.807) is 4.90 Å². The molecule has 0 unspecified atom stereocenters. The maximum Gasteiger partial charge on any atom is 0.260 e. The summed E-state index contributed by atoms with van der Waals surface area (Å²) in [7, 11) is 0. The van der Waals surface area contributed by atoms with Crippen molar-refractivity contribution in [2.75, 3.05) is 13.1 Å². The van der Waals surface area contributed by atoms with Gasteiger partial charge in [0.15, 0.2) is 5.67 Å². The summed E-state index contributed by atoms with van der Waals surface area (Å²) in [5.74, 6) is -0.391. The summed E-state index contributed by atoms with van der Waals surface area (Å²) >= 11 is 0. The van der Waals surface area contributed by atoms with Crippen molar-refractivity contribution in [1.82, 2.24) is 10.2 Å². The molecule has 2 saturated heterocycles. The predicted octanol–water partition coefficient (Wildman–Crippen LogP) is 1.94. The molecule has 0 aromatic heterocycles. The van der Waals surface area contributed by atoms with Gasteiger partial charge >= 0.3 is 0 Å². The molecule has 1 aliphatic carbocycles. The first-order valence-electron chi connectivity index (χ1n) is 8.80. The summed E-state index contributed by atoms with van der Waals surface area (Å²) in [6, 6.07) is 0.102. The van der Waals surface area contributed by atoms with E-state index in [4.69, 9.17) is 4.74 Å². The number of piperidine rings is 1. The van der Waals surface area contributed by atoms with Gasteiger partial charge < -0.3 is 15.0 Å². The number of alkyl halides is 1. The Kier molecular flexibility index (Phi) is 4.38. The minimum Gasteiger partial charge on any atom is -0.362 e. The van der Waals surface area contributed by atoms with Crippen LogP contribution in [0.2, 0.25) is 0 Å². The zero-order valence-corrected chi connectivity index (χ0v) is 14.1. The van der Waals surface area contributed by atoms with E-state index in [0.717, 1.165) is 19.3 Å². The highest BCUT2D eigenvalue weighted by Crippen LogP contribution is 2.42. The molecule has 1 atom stereocenters. The van der Waals surface area contributed by atoms with Gasteiger partial charge in [0, 0.05) is 19.1 Å². The second-order valence-corrected chi connectivity index (χ2v) is 7.60. The van der Waals surface area contributed by atoms with Crippen LogP contribution in [0.4, 0.5) is 4.39 Å². The van der Waals surface area contributed by atoms with Crippen LogP contribution in [-0.2, 0) is 14.3 Å². The van der Waals surface area contributed by atoms with E-state index in [-0.39, 0.29) is 29.6 Å². The number of nitrogens with one attached hydrogen (secondary N) is 1. The lowest BCUT2D eigenvalue weighted by Crippen LogP contribution is -2.55. The first kappa shape index (κ1) is 16.7. The number of ether oxygens (including phenoxy) is 1. The Labute approximate surface area is 136 Å². The van der Waals surface area contributed by atoms with Crippen LogP contribution in [-0.4, -0.2) is 53.2 Å². The molecule has 2 aliphatic heterocycles. The van der Waals surface area contributed by atoms with E-state index in [1.165, 1.54) is 0 Å². The molecule has 1 saturated carbocycles. The Morgan fingerprint density at radius 1 is 1.17 bits per heavy atom. The monoisotopic (exact) mass is 326 g/mol. The normalized spacial score (nSPS) is 28.7. The second-order valence-electron chi connectivity index (χ2n) is 7.60. The van der Waals surface area contributed by atoms with E-state index < -0.39 is 5.67 Å². The molecule has 5 nitrogen and oxygen atoms in total. The van der Waals surface area contributed by atoms with Crippen molar-refractivity contribution in [3.63, 3.8) is 0 Å². The van der Waals surface area contributed by atoms with Crippen LogP contribution < -0.4 is 5.32 Å². The summed E-state index contributed by atoms with van der Waals surface area (Å²) in [5, 5.41) is 2.89. The number of hydrogen-bond donors (Lipinski definition) is 1. The minimum absolute atomic E-state index is 0.0486. The van der Waals surface area contributed by atoms with Gasteiger partial charge in [0.05, 0.1) is 5.60 Å². The van der Waals surface area contributed by atoms with Gasteiger partial charge in [-0.1, -0.05) is 0 Å². The first-order valence-corrected chi connectivity index (χ1v) is 8.80. The largest absolute Gasteiger partial charge is 0.362 e. The van der Waals surface area contributed by atoms with Crippen molar-refractivity contribution in [3.8, 4) is 0 Å². The third kappa shape index (κ3) is 3.23. The third-order valence-corrected chi connectivity index (χ3v) is 5.47. The molecule has 3 aliphatic rings. The number of hydrogen-bond acceptors (Lipinski definition) is 3. The maximum absolute atomic E-state index is 14.3. The highest BCUT2D eigenvalue weighted by molar-refractivity contribution is 5.86. The summed E-state index contributed by atoms with van der Waals surface area (Å²) in [4.78, 5) is 26.0. The number of amides is 2. The minimum atomic E-state index is -1.61. The van der Waals surface area contributed by atoms with Crippen LogP contribution in [0.25, 0.3) is 0 Å². The van der Waals surface area contributed by atoms with Crippen molar-refractivity contribution >= 4 is 11.8 Å². The van der Waals surface area contributed by atoms with Gasteiger partial charge in [0.25, 0.3) is 5.91 Å². The quantitative estimate of drug-likeness (QED) is 0.862. The predicted molar refractivity (Wildman–Crippen MR) is 83.6 cm³/mol. The van der Waals surface area contributed by atoms with E-state index in [0.29, 0.717) is 38.8 Å². The average molecular weight is 326 g/mol. The molecule has 2 amide bonds. The number of nitrogens with zero attached hydrogens (tertiary/aromatic N) is 1. The fraction of sp³-hybridized carbons (Fsp3) is 0.882. The van der Waals surface area contributed by atoms with Gasteiger partial charge in [-0.3, -0.25) is 9.59 Å². The molecule has 6 heteroatoms. The Balaban J connectivity index is 1.53. The van der Waals surface area contributed by atoms with Crippen LogP contribution in [0.1, 0.15) is 58.8 Å². The molecule has 0 radical (unpaired) electrons. The van der Waals surface area contributed by atoms with Gasteiger partial charge in [0.1, 0.15) is 6.10 Å². The van der Waals surface area contributed by atoms with Gasteiger partial charge in [-0.05, 0) is 58.8 Å². The fourth-order valence-electron chi connectivity index (χ4n) is 3.85. The Bertz CT molecular complexity index is 482. The van der Waals surface area contributed by atoms with Crippen molar-refractivity contribution in [1.29, 1.82) is 0 Å². The van der Waals surface area contributed by atoms with E-state index in [1.807, 2.05) is 13.8 Å². The maximum atomic E-state index is 14.3. The lowest BCUT2D eigenvalue weighted by molar-refractivity contribution is -0.158. The number of carbonyl (C=O) groups is 2. The standard InChI is InChI=1S/C17H27FN2O3/c1-12(2)19-14(21)13-4-7-16(23-13)8-10-20(11-9-16)15(22)17(18)5-3-6-17/h12-13H,3-11H2,1-2H3,(H,19,21)/t13-/m0/s1. The molecule has 23 heavy (non-hydrogen) atoms. The lowest BCUT2D eigenvalue weighted by Gasteiger charge is -2.43. The van der Waals surface area contributed by atoms with Gasteiger partial charge in [0.2, 0.25) is 5.91 Å². The van der Waals surface area contributed by atoms with Gasteiger partial charge in [-0.25, -0.2) is 4.39 Å². The zero-order valence-electron chi connectivity index (χ0n) is 14.1. The topological polar surface area (TPSA) is 58.6 Å². The molecule has 0 bridgehead atoms. The molecule has 0 aromatic carbocycles. The summed E-state index contributed by atoms with van der Waals surface area (Å²) in [6.07, 6.45) is 4.09. The van der Waals surface area contributed by atoms with Crippen LogP contribution in [0.15, 0.2) is 0 Å². The third-order valence-electron chi connectivity index (χ3n) is 5.47. The Morgan fingerprint density at radius 2 is 1.83 bits per heavy atom. The van der Waals surface area contributed by atoms with Crippen LogP contribution in [0, 0.1) is 0 Å². The van der Waals surface area contributed by atoms with Gasteiger partial charge in [-0.15, -0.1) is 0 Å². The summed E-state index contributed by atoms with van der Waals surface area (Å²) < 4.78 is 20.3. The fourth-order valence-corrected chi connectivity index (χ4v) is 3.85.